The third-order valence-electron chi connectivity index (χ3n) is 2.13. The summed E-state index contributed by atoms with van der Waals surface area (Å²) in [5, 5.41) is 0. The van der Waals surface area contributed by atoms with Crippen molar-refractivity contribution in [1.82, 2.24) is 0 Å². The van der Waals surface area contributed by atoms with Crippen molar-refractivity contribution in [3.8, 4) is 0 Å². The van der Waals surface area contributed by atoms with E-state index in [2.05, 4.69) is 31.9 Å². The lowest BCUT2D eigenvalue weighted by molar-refractivity contribution is 0.963. The van der Waals surface area contributed by atoms with Gasteiger partial charge in [0.15, 0.2) is 0 Å². The van der Waals surface area contributed by atoms with Gasteiger partial charge in [-0.3, -0.25) is 0 Å². The normalized spacial score (nSPS) is 9.92. The minimum Gasteiger partial charge on any atom is -0.397 e. The Balaban J connectivity index is 3.12. The number of aryl methyl sites for hydroxylation is 1. The van der Waals surface area contributed by atoms with E-state index in [0.29, 0.717) is 0 Å². The fourth-order valence-corrected chi connectivity index (χ4v) is 1.36. The Hall–Kier alpha value is -1.18. The van der Waals surface area contributed by atoms with Gasteiger partial charge in [0.25, 0.3) is 0 Å². The lowest BCUT2D eigenvalue weighted by atomic mass is 10.1. The maximum Gasteiger partial charge on any atom is 0.0626 e. The molecular weight excluding hydrogens is 148 g/mol. The Morgan fingerprint density at radius 1 is 1.42 bits per heavy atom. The van der Waals surface area contributed by atoms with E-state index in [9.17, 15) is 0 Å². The van der Waals surface area contributed by atoms with Crippen molar-refractivity contribution in [2.45, 2.75) is 13.8 Å². The summed E-state index contributed by atoms with van der Waals surface area (Å²) in [6.07, 6.45) is 0. The minimum atomic E-state index is 0.861. The highest BCUT2D eigenvalue weighted by Crippen LogP contribution is 2.25. The van der Waals surface area contributed by atoms with E-state index in [1.54, 1.807) is 0 Å². The van der Waals surface area contributed by atoms with E-state index >= 15 is 0 Å². The van der Waals surface area contributed by atoms with Gasteiger partial charge in [-0.1, -0.05) is 12.1 Å². The Kier molecular flexibility index (Phi) is 2.58. The molecule has 0 heterocycles. The molecule has 0 spiro atoms. The molecular formula is C10H16N2. The Bertz CT molecular complexity index is 248. The molecule has 0 saturated carbocycles. The van der Waals surface area contributed by atoms with E-state index in [0.717, 1.165) is 17.9 Å². The van der Waals surface area contributed by atoms with E-state index in [4.69, 9.17) is 5.73 Å². The first-order valence-electron chi connectivity index (χ1n) is 4.23. The zero-order chi connectivity index (χ0) is 9.14. The van der Waals surface area contributed by atoms with E-state index < -0.39 is 0 Å². The van der Waals surface area contributed by atoms with Crippen LogP contribution in [0.2, 0.25) is 0 Å². The van der Waals surface area contributed by atoms with Gasteiger partial charge < -0.3 is 10.6 Å². The van der Waals surface area contributed by atoms with Crippen LogP contribution in [0.1, 0.15) is 12.5 Å². The monoisotopic (exact) mass is 164 g/mol. The molecule has 2 heteroatoms. The first-order valence-corrected chi connectivity index (χ1v) is 4.23. The van der Waals surface area contributed by atoms with Crippen LogP contribution in [0.4, 0.5) is 11.4 Å². The maximum absolute atomic E-state index is 5.86. The summed E-state index contributed by atoms with van der Waals surface area (Å²) in [6.45, 7) is 5.18. The number of hydrogen-bond acceptors (Lipinski definition) is 2. The van der Waals surface area contributed by atoms with E-state index in [1.165, 1.54) is 5.56 Å². The summed E-state index contributed by atoms with van der Waals surface area (Å²) < 4.78 is 0. The summed E-state index contributed by atoms with van der Waals surface area (Å²) in [6, 6.07) is 6.00. The number of rotatable bonds is 2. The Morgan fingerprint density at radius 2 is 2.08 bits per heavy atom. The summed E-state index contributed by atoms with van der Waals surface area (Å²) in [4.78, 5) is 2.16. The van der Waals surface area contributed by atoms with Gasteiger partial charge in [0.2, 0.25) is 0 Å². The molecule has 0 amide bonds. The maximum atomic E-state index is 5.86. The fourth-order valence-electron chi connectivity index (χ4n) is 1.36. The standard InChI is InChI=1S/C10H16N2/c1-4-12(3)10-8(2)6-5-7-9(10)11/h5-7H,4,11H2,1-3H3. The molecule has 2 N–H and O–H groups in total. The molecule has 0 bridgehead atoms. The van der Waals surface area contributed by atoms with E-state index in [1.807, 2.05) is 12.1 Å². The smallest absolute Gasteiger partial charge is 0.0626 e. The van der Waals surface area contributed by atoms with Gasteiger partial charge in [-0.05, 0) is 25.5 Å². The van der Waals surface area contributed by atoms with Crippen LogP contribution >= 0.6 is 0 Å². The third-order valence-corrected chi connectivity index (χ3v) is 2.13. The van der Waals surface area contributed by atoms with Crippen molar-refractivity contribution in [1.29, 1.82) is 0 Å². The molecule has 0 fully saturated rings. The van der Waals surface area contributed by atoms with E-state index in [-0.39, 0.29) is 0 Å². The molecule has 0 aliphatic heterocycles. The molecule has 0 atom stereocenters. The van der Waals surface area contributed by atoms with Crippen LogP contribution in [-0.2, 0) is 0 Å². The molecule has 12 heavy (non-hydrogen) atoms. The highest BCUT2D eigenvalue weighted by molar-refractivity contribution is 5.70. The topological polar surface area (TPSA) is 29.3 Å². The molecule has 66 valence electrons. The molecule has 0 radical (unpaired) electrons. The average molecular weight is 164 g/mol. The van der Waals surface area contributed by atoms with Crippen molar-refractivity contribution >= 4 is 11.4 Å². The third kappa shape index (κ3) is 1.52. The second kappa shape index (κ2) is 3.48. The number of nitrogen functional groups attached to an aromatic ring is 1. The average Bonchev–Trinajstić information content (AvgIpc) is 2.03. The van der Waals surface area contributed by atoms with Gasteiger partial charge in [-0.25, -0.2) is 0 Å². The van der Waals surface area contributed by atoms with Crippen LogP contribution < -0.4 is 10.6 Å². The summed E-state index contributed by atoms with van der Waals surface area (Å²) in [7, 11) is 2.05. The molecule has 1 aromatic rings. The predicted octanol–water partition coefficient (Wildman–Crippen LogP) is 2.03. The Labute approximate surface area is 74.0 Å². The van der Waals surface area contributed by atoms with Crippen LogP contribution in [0, 0.1) is 6.92 Å². The number of nitrogens with two attached hydrogens (primary N) is 1. The second-order valence-electron chi connectivity index (χ2n) is 3.03. The summed E-state index contributed by atoms with van der Waals surface area (Å²) in [5.74, 6) is 0. The molecule has 0 aliphatic rings. The molecule has 1 rings (SSSR count). The Morgan fingerprint density at radius 3 is 2.58 bits per heavy atom. The van der Waals surface area contributed by atoms with Gasteiger partial charge >= 0.3 is 0 Å². The number of anilines is 2. The number of para-hydroxylation sites is 1. The largest absolute Gasteiger partial charge is 0.397 e. The highest BCUT2D eigenvalue weighted by Gasteiger charge is 2.05. The van der Waals surface area contributed by atoms with Gasteiger partial charge in [-0.15, -0.1) is 0 Å². The zero-order valence-corrected chi connectivity index (χ0v) is 7.96. The number of nitrogens with zero attached hydrogens (tertiary/aromatic N) is 1. The van der Waals surface area contributed by atoms with Crippen molar-refractivity contribution in [3.05, 3.63) is 23.8 Å². The molecule has 0 unspecified atom stereocenters. The lowest BCUT2D eigenvalue weighted by Gasteiger charge is -2.21. The molecule has 2 nitrogen and oxygen atoms in total. The van der Waals surface area contributed by atoms with Crippen molar-refractivity contribution < 1.29 is 0 Å². The number of benzene rings is 1. The van der Waals surface area contributed by atoms with Crippen LogP contribution in [-0.4, -0.2) is 13.6 Å². The van der Waals surface area contributed by atoms with Crippen molar-refractivity contribution in [2.24, 2.45) is 0 Å². The molecule has 0 aromatic heterocycles. The van der Waals surface area contributed by atoms with Crippen LogP contribution in [0.3, 0.4) is 0 Å². The van der Waals surface area contributed by atoms with Gasteiger partial charge in [-0.2, -0.15) is 0 Å². The SMILES string of the molecule is CCN(C)c1c(C)cccc1N. The summed E-state index contributed by atoms with van der Waals surface area (Å²) in [5.41, 5.74) is 9.10. The second-order valence-corrected chi connectivity index (χ2v) is 3.03. The minimum absolute atomic E-state index is 0.861. The predicted molar refractivity (Wildman–Crippen MR) is 54.5 cm³/mol. The first-order chi connectivity index (χ1) is 5.66. The van der Waals surface area contributed by atoms with Gasteiger partial charge in [0.1, 0.15) is 0 Å². The van der Waals surface area contributed by atoms with Crippen LogP contribution in [0.15, 0.2) is 18.2 Å². The molecule has 1 aromatic carbocycles. The van der Waals surface area contributed by atoms with Crippen molar-refractivity contribution in [3.63, 3.8) is 0 Å². The molecule has 0 saturated heterocycles. The fraction of sp³-hybridized carbons (Fsp3) is 0.400. The van der Waals surface area contributed by atoms with Gasteiger partial charge in [0, 0.05) is 13.6 Å². The quantitative estimate of drug-likeness (QED) is 0.678. The van der Waals surface area contributed by atoms with Crippen molar-refractivity contribution in [2.75, 3.05) is 24.2 Å². The van der Waals surface area contributed by atoms with Gasteiger partial charge in [0.05, 0.1) is 11.4 Å². The highest BCUT2D eigenvalue weighted by atomic mass is 15.1. The first kappa shape index (κ1) is 8.91. The lowest BCUT2D eigenvalue weighted by Crippen LogP contribution is -2.18. The number of hydrogen-bond donors (Lipinski definition) is 1. The zero-order valence-electron chi connectivity index (χ0n) is 7.96. The summed E-state index contributed by atoms with van der Waals surface area (Å²) >= 11 is 0. The van der Waals surface area contributed by atoms with Crippen LogP contribution in [0.25, 0.3) is 0 Å². The van der Waals surface area contributed by atoms with Crippen LogP contribution in [0.5, 0.6) is 0 Å². The molecule has 0 aliphatic carbocycles.